The third-order valence-electron chi connectivity index (χ3n) is 1.83. The van der Waals surface area contributed by atoms with E-state index in [-0.39, 0.29) is 0 Å². The van der Waals surface area contributed by atoms with Gasteiger partial charge in [0, 0.05) is 5.75 Å². The lowest BCUT2D eigenvalue weighted by Gasteiger charge is -1.98. The van der Waals surface area contributed by atoms with E-state index in [4.69, 9.17) is 0 Å². The zero-order valence-electron chi connectivity index (χ0n) is 8.05. The van der Waals surface area contributed by atoms with Crippen LogP contribution >= 0.6 is 11.8 Å². The Bertz CT molecular complexity index is 93.8. The van der Waals surface area contributed by atoms with Crippen molar-refractivity contribution >= 4 is 18.0 Å². The van der Waals surface area contributed by atoms with Crippen LogP contribution in [-0.4, -0.2) is 17.8 Å². The number of carbonyl (C=O) groups is 1. The van der Waals surface area contributed by atoms with E-state index >= 15 is 0 Å². The fraction of sp³-hybridized carbons (Fsp3) is 0.900. The van der Waals surface area contributed by atoms with Crippen molar-refractivity contribution in [3.63, 3.8) is 0 Å². The fourth-order valence-corrected chi connectivity index (χ4v) is 1.79. The Morgan fingerprint density at radius 3 is 2.42 bits per heavy atom. The molecule has 0 unspecified atom stereocenters. The van der Waals surface area contributed by atoms with E-state index in [0.717, 1.165) is 12.0 Å². The highest BCUT2D eigenvalue weighted by Gasteiger charge is 1.90. The molecule has 0 saturated carbocycles. The summed E-state index contributed by atoms with van der Waals surface area (Å²) in [5.74, 6) is 1.83. The summed E-state index contributed by atoms with van der Waals surface area (Å²) >= 11 is 1.75. The monoisotopic (exact) mass is 188 g/mol. The maximum Gasteiger partial charge on any atom is 0.129 e. The molecule has 72 valence electrons. The van der Waals surface area contributed by atoms with Gasteiger partial charge >= 0.3 is 0 Å². The van der Waals surface area contributed by atoms with Crippen molar-refractivity contribution in [2.45, 2.75) is 45.4 Å². The minimum absolute atomic E-state index is 0.676. The largest absolute Gasteiger partial charge is 0.302 e. The molecule has 0 atom stereocenters. The van der Waals surface area contributed by atoms with Crippen LogP contribution in [0.15, 0.2) is 0 Å². The lowest BCUT2D eigenvalue weighted by atomic mass is 10.1. The predicted octanol–water partition coefficient (Wildman–Crippen LogP) is 3.28. The third-order valence-corrected chi connectivity index (χ3v) is 2.78. The summed E-state index contributed by atoms with van der Waals surface area (Å²) in [6, 6.07) is 0. The second-order valence-electron chi connectivity index (χ2n) is 3.01. The maximum absolute atomic E-state index is 9.96. The van der Waals surface area contributed by atoms with Crippen LogP contribution in [0, 0.1) is 0 Å². The Morgan fingerprint density at radius 1 is 1.08 bits per heavy atom. The summed E-state index contributed by atoms with van der Waals surface area (Å²) in [5.41, 5.74) is 0. The standard InChI is InChI=1S/C10H20OS/c1-2-3-4-5-6-7-9-12-10-8-11/h8H,2-7,9-10H2,1H3. The number of hydrogen-bond donors (Lipinski definition) is 0. The van der Waals surface area contributed by atoms with E-state index in [9.17, 15) is 4.79 Å². The van der Waals surface area contributed by atoms with Crippen LogP contribution in [0.2, 0.25) is 0 Å². The second kappa shape index (κ2) is 11.0. The normalized spacial score (nSPS) is 10.1. The molecule has 0 spiro atoms. The first kappa shape index (κ1) is 12.0. The average molecular weight is 188 g/mol. The molecule has 0 aromatic heterocycles. The van der Waals surface area contributed by atoms with Gasteiger partial charge in [0.2, 0.25) is 0 Å². The number of hydrogen-bond acceptors (Lipinski definition) is 2. The predicted molar refractivity (Wildman–Crippen MR) is 56.8 cm³/mol. The molecule has 0 rings (SSSR count). The van der Waals surface area contributed by atoms with Crippen molar-refractivity contribution < 1.29 is 4.79 Å². The minimum Gasteiger partial charge on any atom is -0.302 e. The van der Waals surface area contributed by atoms with Crippen LogP contribution in [0.25, 0.3) is 0 Å². The van der Waals surface area contributed by atoms with Crippen LogP contribution in [0.5, 0.6) is 0 Å². The smallest absolute Gasteiger partial charge is 0.129 e. The van der Waals surface area contributed by atoms with E-state index in [0.29, 0.717) is 5.75 Å². The SMILES string of the molecule is CCCCCCCCSCC=O. The van der Waals surface area contributed by atoms with E-state index in [1.54, 1.807) is 11.8 Å². The molecule has 0 aliphatic rings. The molecule has 0 amide bonds. The molecule has 0 aromatic carbocycles. The van der Waals surface area contributed by atoms with Crippen molar-refractivity contribution in [3.8, 4) is 0 Å². The highest BCUT2D eigenvalue weighted by molar-refractivity contribution is 7.99. The van der Waals surface area contributed by atoms with Gasteiger partial charge in [-0.2, -0.15) is 11.8 Å². The molecule has 0 heterocycles. The maximum atomic E-state index is 9.96. The van der Waals surface area contributed by atoms with Crippen molar-refractivity contribution in [1.82, 2.24) is 0 Å². The Morgan fingerprint density at radius 2 is 1.75 bits per heavy atom. The Labute approximate surface area is 80.3 Å². The van der Waals surface area contributed by atoms with Gasteiger partial charge in [0.05, 0.1) is 0 Å². The van der Waals surface area contributed by atoms with Crippen molar-refractivity contribution in [2.24, 2.45) is 0 Å². The summed E-state index contributed by atoms with van der Waals surface area (Å²) in [4.78, 5) is 9.96. The first-order valence-corrected chi connectivity index (χ1v) is 6.08. The fourth-order valence-electron chi connectivity index (χ4n) is 1.12. The van der Waals surface area contributed by atoms with Crippen LogP contribution in [-0.2, 0) is 4.79 Å². The summed E-state index contributed by atoms with van der Waals surface area (Å²) < 4.78 is 0. The molecule has 0 saturated heterocycles. The third kappa shape index (κ3) is 10.0. The molecule has 0 aliphatic heterocycles. The molecule has 0 aliphatic carbocycles. The molecular formula is C10H20OS. The minimum atomic E-state index is 0.676. The number of thioether (sulfide) groups is 1. The number of carbonyl (C=O) groups excluding carboxylic acids is 1. The van der Waals surface area contributed by atoms with E-state index in [2.05, 4.69) is 6.92 Å². The second-order valence-corrected chi connectivity index (χ2v) is 4.16. The van der Waals surface area contributed by atoms with E-state index in [1.165, 1.54) is 38.5 Å². The molecule has 0 fully saturated rings. The first-order chi connectivity index (χ1) is 5.91. The summed E-state index contributed by atoms with van der Waals surface area (Å²) in [7, 11) is 0. The van der Waals surface area contributed by atoms with Crippen LogP contribution in [0.4, 0.5) is 0 Å². The topological polar surface area (TPSA) is 17.1 Å². The van der Waals surface area contributed by atoms with Crippen LogP contribution < -0.4 is 0 Å². The molecule has 2 heteroatoms. The van der Waals surface area contributed by atoms with Crippen LogP contribution in [0.1, 0.15) is 45.4 Å². The summed E-state index contributed by atoms with van der Waals surface area (Å²) in [6.45, 7) is 2.24. The van der Waals surface area contributed by atoms with Gasteiger partial charge in [0.15, 0.2) is 0 Å². The molecule has 0 N–H and O–H groups in total. The van der Waals surface area contributed by atoms with Gasteiger partial charge in [0.25, 0.3) is 0 Å². The Balaban J connectivity index is 2.77. The average Bonchev–Trinajstić information content (AvgIpc) is 2.10. The summed E-state index contributed by atoms with van der Waals surface area (Å²) in [5, 5.41) is 0. The highest BCUT2D eigenvalue weighted by atomic mass is 32.2. The van der Waals surface area contributed by atoms with E-state index in [1.807, 2.05) is 0 Å². The zero-order valence-corrected chi connectivity index (χ0v) is 8.87. The van der Waals surface area contributed by atoms with Gasteiger partial charge in [-0.15, -0.1) is 0 Å². The first-order valence-electron chi connectivity index (χ1n) is 4.93. The van der Waals surface area contributed by atoms with Gasteiger partial charge in [-0.25, -0.2) is 0 Å². The lowest BCUT2D eigenvalue weighted by Crippen LogP contribution is -1.85. The van der Waals surface area contributed by atoms with Crippen LogP contribution in [0.3, 0.4) is 0 Å². The molecule has 0 radical (unpaired) electrons. The van der Waals surface area contributed by atoms with E-state index < -0.39 is 0 Å². The summed E-state index contributed by atoms with van der Waals surface area (Å²) in [6.07, 6.45) is 9.06. The number of rotatable bonds is 9. The Hall–Kier alpha value is 0.0200. The van der Waals surface area contributed by atoms with Crippen molar-refractivity contribution in [1.29, 1.82) is 0 Å². The number of unbranched alkanes of at least 4 members (excludes halogenated alkanes) is 5. The Kier molecular flexibility index (Phi) is 11.0. The molecule has 0 bridgehead atoms. The molecule has 1 nitrogen and oxygen atoms in total. The molecule has 12 heavy (non-hydrogen) atoms. The van der Waals surface area contributed by atoms with Crippen molar-refractivity contribution in [3.05, 3.63) is 0 Å². The highest BCUT2D eigenvalue weighted by Crippen LogP contribution is 2.08. The quantitative estimate of drug-likeness (QED) is 0.408. The van der Waals surface area contributed by atoms with Gasteiger partial charge < -0.3 is 4.79 Å². The number of aldehydes is 1. The molecule has 0 aromatic rings. The van der Waals surface area contributed by atoms with Crippen molar-refractivity contribution in [2.75, 3.05) is 11.5 Å². The van der Waals surface area contributed by atoms with Gasteiger partial charge in [-0.3, -0.25) is 0 Å². The van der Waals surface area contributed by atoms with Gasteiger partial charge in [0.1, 0.15) is 6.29 Å². The molecular weight excluding hydrogens is 168 g/mol. The van der Waals surface area contributed by atoms with Gasteiger partial charge in [-0.1, -0.05) is 39.0 Å². The zero-order chi connectivity index (χ0) is 9.07. The lowest BCUT2D eigenvalue weighted by molar-refractivity contribution is -0.105. The van der Waals surface area contributed by atoms with Gasteiger partial charge in [-0.05, 0) is 12.2 Å².